The second-order valence-electron chi connectivity index (χ2n) is 7.26. The molecule has 0 heterocycles. The fourth-order valence-corrected chi connectivity index (χ4v) is 2.68. The van der Waals surface area contributed by atoms with Gasteiger partial charge in [0, 0.05) is 17.2 Å². The molecular weight excluding hydrogens is 417 g/mol. The largest absolute Gasteiger partial charge is 0.490 e. The van der Waals surface area contributed by atoms with Gasteiger partial charge in [-0.15, -0.1) is 0 Å². The van der Waals surface area contributed by atoms with Gasteiger partial charge in [-0.05, 0) is 63.1 Å². The van der Waals surface area contributed by atoms with Crippen LogP contribution in [0.2, 0.25) is 0 Å². The first-order valence-electron chi connectivity index (χ1n) is 9.74. The van der Waals surface area contributed by atoms with E-state index in [2.05, 4.69) is 5.32 Å². The van der Waals surface area contributed by atoms with E-state index in [1.165, 1.54) is 19.1 Å². The quantitative estimate of drug-likeness (QED) is 0.401. The van der Waals surface area contributed by atoms with Crippen molar-refractivity contribution < 1.29 is 31.5 Å². The fraction of sp³-hybridized carbons (Fsp3) is 0.348. The number of amides is 1. The Hall–Kier alpha value is -2.90. The molecule has 3 nitrogen and oxygen atoms in total. The van der Waals surface area contributed by atoms with Crippen molar-refractivity contribution in [1.82, 2.24) is 5.32 Å². The second-order valence-corrected chi connectivity index (χ2v) is 7.26. The molecule has 2 aromatic rings. The zero-order valence-electron chi connectivity index (χ0n) is 17.6. The minimum atomic E-state index is -4.53. The number of alkyl halides is 3. The van der Waals surface area contributed by atoms with Crippen LogP contribution in [-0.2, 0) is 11.0 Å². The van der Waals surface area contributed by atoms with Crippen LogP contribution in [0.15, 0.2) is 36.4 Å². The lowest BCUT2D eigenvalue weighted by molar-refractivity contribution is -0.137. The van der Waals surface area contributed by atoms with E-state index in [9.17, 15) is 26.7 Å². The van der Waals surface area contributed by atoms with Gasteiger partial charge in [0.15, 0.2) is 0 Å². The molecule has 1 amide bonds. The molecule has 0 radical (unpaired) electrons. The van der Waals surface area contributed by atoms with Gasteiger partial charge in [0.25, 0.3) is 0 Å². The molecule has 0 aliphatic carbocycles. The zero-order valence-corrected chi connectivity index (χ0v) is 17.6. The molecule has 168 valence electrons. The van der Waals surface area contributed by atoms with Crippen LogP contribution in [0.1, 0.15) is 55.5 Å². The van der Waals surface area contributed by atoms with Gasteiger partial charge in [-0.1, -0.05) is 13.0 Å². The average Bonchev–Trinajstić information content (AvgIpc) is 2.69. The van der Waals surface area contributed by atoms with Crippen LogP contribution in [-0.4, -0.2) is 12.0 Å². The van der Waals surface area contributed by atoms with Gasteiger partial charge in [0.1, 0.15) is 17.4 Å². The highest BCUT2D eigenvalue weighted by molar-refractivity contribution is 5.92. The van der Waals surface area contributed by atoms with Crippen LogP contribution in [0, 0.1) is 18.6 Å². The van der Waals surface area contributed by atoms with Gasteiger partial charge in [-0.25, -0.2) is 8.78 Å². The van der Waals surface area contributed by atoms with Gasteiger partial charge in [-0.3, -0.25) is 4.79 Å². The van der Waals surface area contributed by atoms with Crippen LogP contribution in [0.3, 0.4) is 0 Å². The maximum atomic E-state index is 13.7. The van der Waals surface area contributed by atoms with Gasteiger partial charge >= 0.3 is 6.18 Å². The van der Waals surface area contributed by atoms with E-state index in [4.69, 9.17) is 4.74 Å². The first-order valence-corrected chi connectivity index (χ1v) is 9.74. The zero-order chi connectivity index (χ0) is 23.3. The van der Waals surface area contributed by atoms with Crippen molar-refractivity contribution in [3.8, 4) is 5.75 Å². The van der Waals surface area contributed by atoms with Crippen LogP contribution >= 0.6 is 0 Å². The number of rotatable bonds is 7. The summed E-state index contributed by atoms with van der Waals surface area (Å²) in [6.07, 6.45) is -1.81. The van der Waals surface area contributed by atoms with E-state index >= 15 is 0 Å². The second kappa shape index (κ2) is 9.94. The number of benzene rings is 2. The molecule has 2 rings (SSSR count). The average molecular weight is 441 g/mol. The van der Waals surface area contributed by atoms with E-state index in [-0.39, 0.29) is 23.0 Å². The molecule has 0 aliphatic rings. The summed E-state index contributed by atoms with van der Waals surface area (Å²) in [6, 6.07) is 4.61. The smallest absolute Gasteiger partial charge is 0.416 e. The standard InChI is InChI=1S/C23H24F5NO2/c1-5-13(2)31-21-12-18(23(26,27)28)8-6-16(21)7-9-22(30)29-15(4)17-10-19(24)14(3)20(25)11-17/h6-13,15H,5H2,1-4H3,(H,29,30)/b9-7+/t13?,15-/m1/s1. The summed E-state index contributed by atoms with van der Waals surface area (Å²) in [5, 5.41) is 2.57. The molecule has 1 unspecified atom stereocenters. The molecule has 0 bridgehead atoms. The van der Waals surface area contributed by atoms with Crippen LogP contribution in [0.25, 0.3) is 6.08 Å². The van der Waals surface area contributed by atoms with E-state index in [0.29, 0.717) is 12.0 Å². The topological polar surface area (TPSA) is 38.3 Å². The molecule has 0 saturated heterocycles. The Morgan fingerprint density at radius 1 is 1.13 bits per heavy atom. The van der Waals surface area contributed by atoms with Crippen LogP contribution < -0.4 is 10.1 Å². The minimum absolute atomic E-state index is 0.00366. The molecule has 0 aliphatic heterocycles. The third-order valence-corrected chi connectivity index (χ3v) is 4.82. The molecule has 0 fully saturated rings. The summed E-state index contributed by atoms with van der Waals surface area (Å²) in [6.45, 7) is 6.43. The first kappa shape index (κ1) is 24.4. The summed E-state index contributed by atoms with van der Waals surface area (Å²) in [4.78, 5) is 12.2. The lowest BCUT2D eigenvalue weighted by atomic mass is 10.1. The molecule has 0 aromatic heterocycles. The van der Waals surface area contributed by atoms with E-state index in [1.807, 2.05) is 6.92 Å². The van der Waals surface area contributed by atoms with Crippen molar-refractivity contribution >= 4 is 12.0 Å². The first-order chi connectivity index (χ1) is 14.4. The molecule has 8 heteroatoms. The molecular formula is C23H24F5NO2. The van der Waals surface area contributed by atoms with E-state index < -0.39 is 35.3 Å². The Morgan fingerprint density at radius 2 is 1.74 bits per heavy atom. The summed E-state index contributed by atoms with van der Waals surface area (Å²) < 4.78 is 72.2. The third kappa shape index (κ3) is 6.54. The number of carbonyl (C=O) groups excluding carboxylic acids is 1. The molecule has 2 aromatic carbocycles. The highest BCUT2D eigenvalue weighted by Crippen LogP contribution is 2.34. The van der Waals surface area contributed by atoms with Crippen LogP contribution in [0.4, 0.5) is 22.0 Å². The fourth-order valence-electron chi connectivity index (χ4n) is 2.68. The monoisotopic (exact) mass is 441 g/mol. The number of nitrogens with one attached hydrogen (secondary N) is 1. The molecule has 1 N–H and O–H groups in total. The molecule has 0 spiro atoms. The molecule has 2 atom stereocenters. The van der Waals surface area contributed by atoms with Crippen molar-refractivity contribution in [2.75, 3.05) is 0 Å². The van der Waals surface area contributed by atoms with Crippen molar-refractivity contribution in [3.63, 3.8) is 0 Å². The number of hydrogen-bond donors (Lipinski definition) is 1. The van der Waals surface area contributed by atoms with Crippen LogP contribution in [0.5, 0.6) is 5.75 Å². The number of ether oxygens (including phenoxy) is 1. The highest BCUT2D eigenvalue weighted by atomic mass is 19.4. The van der Waals surface area contributed by atoms with E-state index in [0.717, 1.165) is 30.3 Å². The Morgan fingerprint density at radius 3 is 2.29 bits per heavy atom. The predicted octanol–water partition coefficient (Wildman–Crippen LogP) is 6.36. The van der Waals surface area contributed by atoms with Gasteiger partial charge in [0.2, 0.25) is 5.91 Å². The Bertz CT molecular complexity index is 946. The summed E-state index contributed by atoms with van der Waals surface area (Å²) in [5.41, 5.74) is -0.427. The maximum Gasteiger partial charge on any atom is 0.416 e. The minimum Gasteiger partial charge on any atom is -0.490 e. The number of carbonyl (C=O) groups is 1. The van der Waals surface area contributed by atoms with Crippen molar-refractivity contribution in [2.24, 2.45) is 0 Å². The van der Waals surface area contributed by atoms with Gasteiger partial charge in [0.05, 0.1) is 17.7 Å². The van der Waals surface area contributed by atoms with Crippen molar-refractivity contribution in [2.45, 2.75) is 52.4 Å². The highest BCUT2D eigenvalue weighted by Gasteiger charge is 2.31. The Kier molecular flexibility index (Phi) is 7.81. The maximum absolute atomic E-state index is 13.7. The summed E-state index contributed by atoms with van der Waals surface area (Å²) in [5.74, 6) is -2.02. The lowest BCUT2D eigenvalue weighted by Crippen LogP contribution is -2.25. The van der Waals surface area contributed by atoms with Crippen molar-refractivity contribution in [1.29, 1.82) is 0 Å². The Labute approximate surface area is 177 Å². The predicted molar refractivity (Wildman–Crippen MR) is 109 cm³/mol. The SMILES string of the molecule is CCC(C)Oc1cc(C(F)(F)F)ccc1/C=C/C(=O)N[C@H](C)c1cc(F)c(C)c(F)c1. The Balaban J connectivity index is 2.20. The third-order valence-electron chi connectivity index (χ3n) is 4.82. The summed E-state index contributed by atoms with van der Waals surface area (Å²) in [7, 11) is 0. The van der Waals surface area contributed by atoms with Gasteiger partial charge in [-0.2, -0.15) is 13.2 Å². The molecule has 31 heavy (non-hydrogen) atoms. The van der Waals surface area contributed by atoms with Gasteiger partial charge < -0.3 is 10.1 Å². The number of halogens is 5. The normalized spacial score (nSPS) is 13.8. The number of hydrogen-bond acceptors (Lipinski definition) is 2. The molecule has 0 saturated carbocycles. The summed E-state index contributed by atoms with van der Waals surface area (Å²) >= 11 is 0. The van der Waals surface area contributed by atoms with Crippen molar-refractivity contribution in [3.05, 3.63) is 70.3 Å². The van der Waals surface area contributed by atoms with E-state index in [1.54, 1.807) is 13.8 Å². The lowest BCUT2D eigenvalue weighted by Gasteiger charge is -2.17.